The lowest BCUT2D eigenvalue weighted by Crippen LogP contribution is -2.10. The van der Waals surface area contributed by atoms with Crippen LogP contribution in [-0.4, -0.2) is 14.8 Å². The van der Waals surface area contributed by atoms with Crippen molar-refractivity contribution >= 4 is 15.9 Å². The number of rotatable bonds is 2. The van der Waals surface area contributed by atoms with Crippen molar-refractivity contribution in [3.8, 4) is 17.4 Å². The maximum atomic E-state index is 12.9. The van der Waals surface area contributed by atoms with Crippen LogP contribution in [0.25, 0.3) is 5.69 Å². The Kier molecular flexibility index (Phi) is 3.49. The van der Waals surface area contributed by atoms with Crippen molar-refractivity contribution in [1.82, 2.24) is 4.57 Å². The highest BCUT2D eigenvalue weighted by Crippen LogP contribution is 2.39. The normalized spacial score (nSPS) is 11.8. The Labute approximate surface area is 115 Å². The van der Waals surface area contributed by atoms with Crippen LogP contribution in [0.1, 0.15) is 11.1 Å². The summed E-state index contributed by atoms with van der Waals surface area (Å²) in [5, 5.41) is 19.8. The van der Waals surface area contributed by atoms with E-state index >= 15 is 0 Å². The van der Waals surface area contributed by atoms with Gasteiger partial charge < -0.3 is 10.2 Å². The van der Waals surface area contributed by atoms with Gasteiger partial charge in [0.2, 0.25) is 5.88 Å². The van der Waals surface area contributed by atoms with Crippen molar-refractivity contribution in [3.63, 3.8) is 0 Å². The van der Waals surface area contributed by atoms with E-state index in [0.29, 0.717) is 5.56 Å². The average Bonchev–Trinajstić information content (AvgIpc) is 2.63. The Morgan fingerprint density at radius 1 is 1.16 bits per heavy atom. The van der Waals surface area contributed by atoms with Gasteiger partial charge in [0.1, 0.15) is 0 Å². The molecule has 2 rings (SSSR count). The molecule has 1 heterocycles. The van der Waals surface area contributed by atoms with Gasteiger partial charge in [0.05, 0.1) is 11.3 Å². The lowest BCUT2D eigenvalue weighted by Gasteiger charge is -2.14. The summed E-state index contributed by atoms with van der Waals surface area (Å²) in [5.74, 6) is -0.880. The van der Waals surface area contributed by atoms with Gasteiger partial charge in [-0.3, -0.25) is 4.57 Å². The van der Waals surface area contributed by atoms with Crippen LogP contribution in [0, 0.1) is 0 Å². The highest BCUT2D eigenvalue weighted by molar-refractivity contribution is 9.08. The van der Waals surface area contributed by atoms with Gasteiger partial charge >= 0.3 is 6.18 Å². The number of halogens is 4. The first-order valence-corrected chi connectivity index (χ1v) is 6.33. The summed E-state index contributed by atoms with van der Waals surface area (Å²) in [5.41, 5.74) is -0.955. The summed E-state index contributed by atoms with van der Waals surface area (Å²) in [7, 11) is 0. The van der Waals surface area contributed by atoms with E-state index in [2.05, 4.69) is 15.9 Å². The second-order valence-corrected chi connectivity index (χ2v) is 4.40. The molecule has 1 aromatic carbocycles. The van der Waals surface area contributed by atoms with E-state index in [4.69, 9.17) is 0 Å². The van der Waals surface area contributed by atoms with Crippen molar-refractivity contribution < 1.29 is 23.4 Å². The van der Waals surface area contributed by atoms with Crippen molar-refractivity contribution in [2.45, 2.75) is 11.5 Å². The highest BCUT2D eigenvalue weighted by atomic mass is 79.9. The summed E-state index contributed by atoms with van der Waals surface area (Å²) in [6, 6.07) is 5.92. The zero-order valence-corrected chi connectivity index (χ0v) is 11.0. The van der Waals surface area contributed by atoms with Gasteiger partial charge in [-0.15, -0.1) is 0 Å². The molecular weight excluding hydrogens is 327 g/mol. The first kappa shape index (κ1) is 13.8. The molecule has 0 aliphatic heterocycles. The van der Waals surface area contributed by atoms with E-state index in [1.807, 2.05) is 0 Å². The summed E-state index contributed by atoms with van der Waals surface area (Å²) >= 11 is 3.08. The van der Waals surface area contributed by atoms with Crippen molar-refractivity contribution in [1.29, 1.82) is 0 Å². The van der Waals surface area contributed by atoms with Gasteiger partial charge in [-0.2, -0.15) is 13.2 Å². The van der Waals surface area contributed by atoms with Gasteiger partial charge in [-0.05, 0) is 12.1 Å². The molecule has 102 valence electrons. The molecule has 0 aliphatic carbocycles. The fraction of sp³-hybridized carbons (Fsp3) is 0.167. The molecule has 2 aromatic rings. The van der Waals surface area contributed by atoms with Crippen LogP contribution < -0.4 is 0 Å². The summed E-state index contributed by atoms with van der Waals surface area (Å²) in [4.78, 5) is 0. The Morgan fingerprint density at radius 3 is 2.32 bits per heavy atom. The van der Waals surface area contributed by atoms with E-state index in [9.17, 15) is 23.4 Å². The van der Waals surface area contributed by atoms with Crippen LogP contribution >= 0.6 is 15.9 Å². The maximum Gasteiger partial charge on any atom is 0.418 e. The van der Waals surface area contributed by atoms with E-state index in [-0.39, 0.29) is 11.0 Å². The monoisotopic (exact) mass is 335 g/mol. The third-order valence-electron chi connectivity index (χ3n) is 2.63. The molecule has 0 radical (unpaired) electrons. The fourth-order valence-electron chi connectivity index (χ4n) is 1.78. The molecule has 7 heteroatoms. The molecule has 0 saturated heterocycles. The minimum Gasteiger partial charge on any atom is -0.494 e. The molecule has 0 fully saturated rings. The van der Waals surface area contributed by atoms with Crippen LogP contribution in [0.2, 0.25) is 0 Å². The summed E-state index contributed by atoms with van der Waals surface area (Å²) in [6.07, 6.45) is -4.58. The van der Waals surface area contributed by atoms with Crippen LogP contribution in [-0.2, 0) is 11.5 Å². The number of hydrogen-bond acceptors (Lipinski definition) is 2. The number of aromatic nitrogens is 1. The lowest BCUT2D eigenvalue weighted by atomic mass is 10.1. The fourth-order valence-corrected chi connectivity index (χ4v) is 2.19. The average molecular weight is 336 g/mol. The summed E-state index contributed by atoms with van der Waals surface area (Å²) < 4.78 is 39.5. The lowest BCUT2D eigenvalue weighted by molar-refractivity contribution is -0.137. The Hall–Kier alpha value is -1.63. The number of para-hydroxylation sites is 1. The number of aromatic hydroxyl groups is 2. The second kappa shape index (κ2) is 4.80. The second-order valence-electron chi connectivity index (χ2n) is 3.84. The van der Waals surface area contributed by atoms with E-state index in [1.165, 1.54) is 24.3 Å². The molecule has 0 saturated carbocycles. The highest BCUT2D eigenvalue weighted by Gasteiger charge is 2.34. The third kappa shape index (κ3) is 2.42. The van der Waals surface area contributed by atoms with E-state index in [1.54, 1.807) is 0 Å². The van der Waals surface area contributed by atoms with Crippen molar-refractivity contribution in [3.05, 3.63) is 41.5 Å². The van der Waals surface area contributed by atoms with Crippen LogP contribution in [0.3, 0.4) is 0 Å². The minimum absolute atomic E-state index is 0.216. The Balaban J connectivity index is 2.70. The Morgan fingerprint density at radius 2 is 1.79 bits per heavy atom. The standard InChI is InChI=1S/C12H9BrF3NO2/c13-6-7-5-10(18)17(11(7)19)9-4-2-1-3-8(9)12(14,15)16/h1-5,18-19H,6H2. The number of hydrogen-bond donors (Lipinski definition) is 2. The minimum atomic E-state index is -4.58. The topological polar surface area (TPSA) is 45.4 Å². The number of benzene rings is 1. The number of nitrogens with zero attached hydrogens (tertiary/aromatic N) is 1. The van der Waals surface area contributed by atoms with Crippen LogP contribution in [0.15, 0.2) is 30.3 Å². The maximum absolute atomic E-state index is 12.9. The molecule has 0 aliphatic rings. The Bertz CT molecular complexity index is 608. The quantitative estimate of drug-likeness (QED) is 0.820. The SMILES string of the molecule is Oc1cc(CBr)c(O)n1-c1ccccc1C(F)(F)F. The van der Waals surface area contributed by atoms with Gasteiger partial charge in [0, 0.05) is 17.0 Å². The zero-order chi connectivity index (χ0) is 14.2. The van der Waals surface area contributed by atoms with Gasteiger partial charge in [0.15, 0.2) is 5.88 Å². The zero-order valence-electron chi connectivity index (χ0n) is 9.45. The van der Waals surface area contributed by atoms with Gasteiger partial charge in [-0.1, -0.05) is 28.1 Å². The first-order valence-electron chi connectivity index (χ1n) is 5.21. The predicted molar refractivity (Wildman–Crippen MR) is 66.7 cm³/mol. The van der Waals surface area contributed by atoms with E-state index in [0.717, 1.165) is 10.6 Å². The van der Waals surface area contributed by atoms with Gasteiger partial charge in [-0.25, -0.2) is 0 Å². The molecule has 0 spiro atoms. The molecule has 0 unspecified atom stereocenters. The first-order chi connectivity index (χ1) is 8.86. The van der Waals surface area contributed by atoms with E-state index < -0.39 is 23.5 Å². The van der Waals surface area contributed by atoms with Crippen molar-refractivity contribution in [2.24, 2.45) is 0 Å². The van der Waals surface area contributed by atoms with Crippen molar-refractivity contribution in [2.75, 3.05) is 0 Å². The smallest absolute Gasteiger partial charge is 0.418 e. The molecule has 3 nitrogen and oxygen atoms in total. The van der Waals surface area contributed by atoms with Gasteiger partial charge in [0.25, 0.3) is 0 Å². The number of alkyl halides is 4. The predicted octanol–water partition coefficient (Wildman–Crippen LogP) is 3.80. The molecule has 19 heavy (non-hydrogen) atoms. The molecule has 1 aromatic heterocycles. The third-order valence-corrected chi connectivity index (χ3v) is 3.23. The largest absolute Gasteiger partial charge is 0.494 e. The molecular formula is C12H9BrF3NO2. The van der Waals surface area contributed by atoms with Crippen LogP contribution in [0.5, 0.6) is 11.8 Å². The molecule has 2 N–H and O–H groups in total. The molecule has 0 amide bonds. The molecule has 0 bridgehead atoms. The van der Waals surface area contributed by atoms with Crippen LogP contribution in [0.4, 0.5) is 13.2 Å². The summed E-state index contributed by atoms with van der Waals surface area (Å²) in [6.45, 7) is 0. The molecule has 0 atom stereocenters.